The number of carbonyl (C=O) groups is 1. The van der Waals surface area contributed by atoms with Gasteiger partial charge in [-0.1, -0.05) is 24.2 Å². The number of piperidine rings is 1. The lowest BCUT2D eigenvalue weighted by atomic mass is 9.98. The van der Waals surface area contributed by atoms with Gasteiger partial charge in [0.1, 0.15) is 4.21 Å². The van der Waals surface area contributed by atoms with Gasteiger partial charge in [-0.2, -0.15) is 9.29 Å². The molecule has 2 aromatic heterocycles. The fourth-order valence-corrected chi connectivity index (χ4v) is 6.39. The molecular weight excluding hydrogens is 436 g/mol. The van der Waals surface area contributed by atoms with Crippen LogP contribution in [0.25, 0.3) is 11.4 Å². The molecule has 1 aliphatic heterocycles. The lowest BCUT2D eigenvalue weighted by Gasteiger charge is -2.30. The first-order chi connectivity index (χ1) is 14.9. The number of aromatic nitrogens is 2. The van der Waals surface area contributed by atoms with Crippen LogP contribution in [0.4, 0.5) is 5.69 Å². The van der Waals surface area contributed by atoms with Crippen LogP contribution in [0.2, 0.25) is 0 Å². The maximum absolute atomic E-state index is 13.2. The fraction of sp³-hybridized carbons (Fsp3) is 0.381. The van der Waals surface area contributed by atoms with Crippen molar-refractivity contribution in [2.45, 2.75) is 37.3 Å². The van der Waals surface area contributed by atoms with E-state index in [2.05, 4.69) is 22.4 Å². The van der Waals surface area contributed by atoms with Crippen LogP contribution in [0, 0.1) is 12.8 Å². The molecular formula is C21H24N4O4S2. The van der Waals surface area contributed by atoms with Crippen molar-refractivity contribution in [2.75, 3.05) is 18.4 Å². The van der Waals surface area contributed by atoms with Crippen LogP contribution < -0.4 is 5.32 Å². The molecule has 0 aliphatic carbocycles. The van der Waals surface area contributed by atoms with E-state index < -0.39 is 15.9 Å². The van der Waals surface area contributed by atoms with Gasteiger partial charge in [0.25, 0.3) is 10.0 Å². The summed E-state index contributed by atoms with van der Waals surface area (Å²) in [5.41, 5.74) is 2.52. The van der Waals surface area contributed by atoms with E-state index in [4.69, 9.17) is 4.52 Å². The summed E-state index contributed by atoms with van der Waals surface area (Å²) in [5, 5.41) is 8.46. The average Bonchev–Trinajstić information content (AvgIpc) is 3.44. The van der Waals surface area contributed by atoms with E-state index in [9.17, 15) is 13.2 Å². The first kappa shape index (κ1) is 21.7. The normalized spacial score (nSPS) is 17.5. The Morgan fingerprint density at radius 1 is 1.32 bits per heavy atom. The highest BCUT2D eigenvalue weighted by Crippen LogP contribution is 2.31. The molecule has 1 unspecified atom stereocenters. The number of nitrogens with one attached hydrogen (secondary N) is 1. The van der Waals surface area contributed by atoms with E-state index in [1.807, 2.05) is 24.3 Å². The van der Waals surface area contributed by atoms with Crippen molar-refractivity contribution in [2.24, 2.45) is 5.92 Å². The first-order valence-corrected chi connectivity index (χ1v) is 12.5. The van der Waals surface area contributed by atoms with Crippen LogP contribution in [0.15, 0.2) is 44.4 Å². The first-order valence-electron chi connectivity index (χ1n) is 10.2. The molecule has 0 bridgehead atoms. The third-order valence-corrected chi connectivity index (χ3v) is 8.62. The zero-order chi connectivity index (χ0) is 22.0. The lowest BCUT2D eigenvalue weighted by molar-refractivity contribution is -0.120. The van der Waals surface area contributed by atoms with Gasteiger partial charge in [-0.05, 0) is 43.0 Å². The standard InChI is InChI=1S/C21H24N4O4S2/c1-3-15-6-8-18(9-7-15)23-21(26)16-5-4-10-25(12-16)31(27,28)19-11-17(13-30-19)20-22-14(2)29-24-20/h6-9,11,13,16H,3-5,10,12H2,1-2H3,(H,23,26). The largest absolute Gasteiger partial charge is 0.339 e. The van der Waals surface area contributed by atoms with E-state index in [1.165, 1.54) is 9.87 Å². The summed E-state index contributed by atoms with van der Waals surface area (Å²) in [7, 11) is -3.71. The van der Waals surface area contributed by atoms with Gasteiger partial charge in [0.2, 0.25) is 17.6 Å². The highest BCUT2D eigenvalue weighted by atomic mass is 32.2. The minimum Gasteiger partial charge on any atom is -0.339 e. The number of benzene rings is 1. The van der Waals surface area contributed by atoms with E-state index in [-0.39, 0.29) is 16.7 Å². The summed E-state index contributed by atoms with van der Waals surface area (Å²) in [6, 6.07) is 9.27. The van der Waals surface area contributed by atoms with Crippen molar-refractivity contribution >= 4 is 33.0 Å². The number of anilines is 1. The Morgan fingerprint density at radius 3 is 2.77 bits per heavy atom. The quantitative estimate of drug-likeness (QED) is 0.601. The smallest absolute Gasteiger partial charge is 0.252 e. The molecule has 0 radical (unpaired) electrons. The number of hydrogen-bond acceptors (Lipinski definition) is 7. The highest BCUT2D eigenvalue weighted by molar-refractivity contribution is 7.91. The number of nitrogens with zero attached hydrogens (tertiary/aromatic N) is 3. The molecule has 1 saturated heterocycles. The molecule has 1 atom stereocenters. The molecule has 4 rings (SSSR count). The third kappa shape index (κ3) is 4.70. The monoisotopic (exact) mass is 460 g/mol. The Labute approximate surface area is 185 Å². The molecule has 3 heterocycles. The van der Waals surface area contributed by atoms with Crippen molar-refractivity contribution in [1.82, 2.24) is 14.4 Å². The number of amides is 1. The van der Waals surface area contributed by atoms with Gasteiger partial charge >= 0.3 is 0 Å². The van der Waals surface area contributed by atoms with Crippen molar-refractivity contribution < 1.29 is 17.7 Å². The summed E-state index contributed by atoms with van der Waals surface area (Å²) in [6.45, 7) is 4.31. The molecule has 1 fully saturated rings. The molecule has 10 heteroatoms. The summed E-state index contributed by atoms with van der Waals surface area (Å²) in [6.07, 6.45) is 2.22. The van der Waals surface area contributed by atoms with Crippen molar-refractivity contribution in [3.8, 4) is 11.4 Å². The Balaban J connectivity index is 1.45. The van der Waals surface area contributed by atoms with Gasteiger partial charge in [-0.3, -0.25) is 4.79 Å². The molecule has 1 N–H and O–H groups in total. The van der Waals surface area contributed by atoms with Crippen LogP contribution in [-0.2, 0) is 21.2 Å². The van der Waals surface area contributed by atoms with E-state index in [0.29, 0.717) is 36.7 Å². The molecule has 0 spiro atoms. The van der Waals surface area contributed by atoms with Gasteiger partial charge in [0, 0.05) is 36.6 Å². The Bertz CT molecular complexity index is 1170. The second-order valence-corrected chi connectivity index (χ2v) is 10.6. The molecule has 0 saturated carbocycles. The fourth-order valence-electron chi connectivity index (χ4n) is 3.56. The highest BCUT2D eigenvalue weighted by Gasteiger charge is 2.34. The predicted octanol–water partition coefficient (Wildman–Crippen LogP) is 3.71. The number of sulfonamides is 1. The summed E-state index contributed by atoms with van der Waals surface area (Å²) < 4.78 is 32.9. The predicted molar refractivity (Wildman–Crippen MR) is 118 cm³/mol. The molecule has 31 heavy (non-hydrogen) atoms. The maximum Gasteiger partial charge on any atom is 0.252 e. The van der Waals surface area contributed by atoms with Crippen molar-refractivity contribution in [1.29, 1.82) is 0 Å². The molecule has 164 valence electrons. The van der Waals surface area contributed by atoms with Crippen molar-refractivity contribution in [3.63, 3.8) is 0 Å². The van der Waals surface area contributed by atoms with Gasteiger partial charge in [-0.25, -0.2) is 8.42 Å². The topological polar surface area (TPSA) is 105 Å². The lowest BCUT2D eigenvalue weighted by Crippen LogP contribution is -2.43. The molecule has 1 amide bonds. The minimum absolute atomic E-state index is 0.154. The van der Waals surface area contributed by atoms with Crippen LogP contribution >= 0.6 is 11.3 Å². The third-order valence-electron chi connectivity index (χ3n) is 5.34. The van der Waals surface area contributed by atoms with E-state index in [1.54, 1.807) is 18.4 Å². The van der Waals surface area contributed by atoms with E-state index >= 15 is 0 Å². The summed E-state index contributed by atoms with van der Waals surface area (Å²) >= 11 is 1.12. The zero-order valence-corrected chi connectivity index (χ0v) is 19.0. The van der Waals surface area contributed by atoms with Crippen LogP contribution in [0.3, 0.4) is 0 Å². The van der Waals surface area contributed by atoms with Gasteiger partial charge < -0.3 is 9.84 Å². The second-order valence-electron chi connectivity index (χ2n) is 7.53. The average molecular weight is 461 g/mol. The Morgan fingerprint density at radius 2 is 2.10 bits per heavy atom. The van der Waals surface area contributed by atoms with Crippen LogP contribution in [-0.4, -0.2) is 41.9 Å². The zero-order valence-electron chi connectivity index (χ0n) is 17.4. The summed E-state index contributed by atoms with van der Waals surface area (Å²) in [4.78, 5) is 16.9. The number of rotatable bonds is 6. The molecule has 3 aromatic rings. The summed E-state index contributed by atoms with van der Waals surface area (Å²) in [5.74, 6) is 0.229. The number of hydrogen-bond donors (Lipinski definition) is 1. The number of thiophene rings is 1. The molecule has 1 aromatic carbocycles. The number of carbonyl (C=O) groups excluding carboxylic acids is 1. The van der Waals surface area contributed by atoms with Gasteiger partial charge in [0.05, 0.1) is 5.92 Å². The van der Waals surface area contributed by atoms with Gasteiger partial charge in [0.15, 0.2) is 0 Å². The SMILES string of the molecule is CCc1ccc(NC(=O)C2CCCN(S(=O)(=O)c3cc(-c4noc(C)n4)cs3)C2)cc1. The maximum atomic E-state index is 13.2. The Kier molecular flexibility index (Phi) is 6.22. The Hall–Kier alpha value is -2.56. The van der Waals surface area contributed by atoms with Crippen LogP contribution in [0.5, 0.6) is 0 Å². The van der Waals surface area contributed by atoms with Crippen molar-refractivity contribution in [3.05, 3.63) is 47.2 Å². The van der Waals surface area contributed by atoms with Gasteiger partial charge in [-0.15, -0.1) is 11.3 Å². The minimum atomic E-state index is -3.71. The molecule has 8 nitrogen and oxygen atoms in total. The van der Waals surface area contributed by atoms with Crippen LogP contribution in [0.1, 0.15) is 31.2 Å². The molecule has 1 aliphatic rings. The van der Waals surface area contributed by atoms with E-state index in [0.717, 1.165) is 23.4 Å². The number of aryl methyl sites for hydroxylation is 2. The second kappa shape index (κ2) is 8.89.